The Morgan fingerprint density at radius 3 is 2.31 bits per heavy atom. The molecule has 0 saturated heterocycles. The third kappa shape index (κ3) is 3.74. The van der Waals surface area contributed by atoms with E-state index in [2.05, 4.69) is 4.99 Å². The third-order valence-electron chi connectivity index (χ3n) is 1.18. The summed E-state index contributed by atoms with van der Waals surface area (Å²) in [4.78, 5) is 13.7. The SMILES string of the molecule is N=C(CO)N=C(CO)C(O)C(N)=O. The molecule has 0 radical (unpaired) electrons. The van der Waals surface area contributed by atoms with E-state index >= 15 is 0 Å². The number of carbonyl (C=O) groups excluding carboxylic acids is 1. The van der Waals surface area contributed by atoms with Crippen LogP contribution in [0.15, 0.2) is 4.99 Å². The Morgan fingerprint density at radius 2 is 2.00 bits per heavy atom. The van der Waals surface area contributed by atoms with Gasteiger partial charge < -0.3 is 21.1 Å². The van der Waals surface area contributed by atoms with Crippen LogP contribution in [0.3, 0.4) is 0 Å². The molecule has 6 N–H and O–H groups in total. The van der Waals surface area contributed by atoms with Gasteiger partial charge in [0.25, 0.3) is 5.91 Å². The minimum absolute atomic E-state index is 0.355. The first-order valence-corrected chi connectivity index (χ1v) is 3.37. The van der Waals surface area contributed by atoms with Crippen LogP contribution in [-0.2, 0) is 4.79 Å². The van der Waals surface area contributed by atoms with E-state index in [4.69, 9.17) is 26.5 Å². The van der Waals surface area contributed by atoms with Gasteiger partial charge >= 0.3 is 0 Å². The van der Waals surface area contributed by atoms with Gasteiger partial charge in [0.15, 0.2) is 6.10 Å². The van der Waals surface area contributed by atoms with Crippen LogP contribution in [0.1, 0.15) is 0 Å². The second kappa shape index (κ2) is 5.36. The van der Waals surface area contributed by atoms with Gasteiger partial charge in [-0.1, -0.05) is 0 Å². The van der Waals surface area contributed by atoms with Crippen molar-refractivity contribution < 1.29 is 20.1 Å². The van der Waals surface area contributed by atoms with Crippen LogP contribution in [0.4, 0.5) is 0 Å². The Balaban J connectivity index is 4.58. The standard InChI is InChI=1S/C6H11N3O4/c7-4(2-11)9-3(1-10)5(12)6(8)13/h5,7,10-12H,1-2H2,(H2,8,13). The summed E-state index contributed by atoms with van der Waals surface area (Å²) in [6.07, 6.45) is -1.73. The lowest BCUT2D eigenvalue weighted by atomic mass is 10.2. The Morgan fingerprint density at radius 1 is 1.46 bits per heavy atom. The van der Waals surface area contributed by atoms with E-state index < -0.39 is 31.1 Å². The van der Waals surface area contributed by atoms with Crippen molar-refractivity contribution in [1.82, 2.24) is 0 Å². The highest BCUT2D eigenvalue weighted by atomic mass is 16.3. The number of nitrogens with zero attached hydrogens (tertiary/aromatic N) is 1. The molecule has 1 amide bonds. The fourth-order valence-corrected chi connectivity index (χ4v) is 0.556. The van der Waals surface area contributed by atoms with Crippen molar-refractivity contribution in [1.29, 1.82) is 5.41 Å². The molecule has 0 saturated carbocycles. The number of aliphatic hydroxyl groups is 3. The monoisotopic (exact) mass is 189 g/mol. The van der Waals surface area contributed by atoms with Crippen molar-refractivity contribution in [3.05, 3.63) is 0 Å². The summed E-state index contributed by atoms with van der Waals surface area (Å²) < 4.78 is 0. The molecule has 0 bridgehead atoms. The maximum absolute atomic E-state index is 10.4. The van der Waals surface area contributed by atoms with Crippen LogP contribution < -0.4 is 5.73 Å². The molecule has 0 aliphatic heterocycles. The van der Waals surface area contributed by atoms with E-state index in [-0.39, 0.29) is 5.71 Å². The number of amides is 1. The highest BCUT2D eigenvalue weighted by molar-refractivity contribution is 6.10. The minimum Gasteiger partial charge on any atom is -0.390 e. The molecule has 0 spiro atoms. The zero-order chi connectivity index (χ0) is 10.4. The Labute approximate surface area is 74.0 Å². The Hall–Kier alpha value is -1.31. The smallest absolute Gasteiger partial charge is 0.252 e. The number of hydrogen-bond donors (Lipinski definition) is 5. The number of hydrogen-bond acceptors (Lipinski definition) is 5. The van der Waals surface area contributed by atoms with Crippen LogP contribution in [-0.4, -0.2) is 52.1 Å². The van der Waals surface area contributed by atoms with Crippen molar-refractivity contribution in [2.24, 2.45) is 10.7 Å². The summed E-state index contributed by atoms with van der Waals surface area (Å²) in [5.41, 5.74) is 4.36. The van der Waals surface area contributed by atoms with E-state index in [0.29, 0.717) is 0 Å². The number of aliphatic hydroxyl groups excluding tert-OH is 3. The van der Waals surface area contributed by atoms with Crippen LogP contribution in [0.25, 0.3) is 0 Å². The average Bonchev–Trinajstić information content (AvgIpc) is 2.12. The van der Waals surface area contributed by atoms with Gasteiger partial charge in [-0.15, -0.1) is 0 Å². The number of aliphatic imine (C=N–C) groups is 1. The molecule has 7 nitrogen and oxygen atoms in total. The molecule has 0 aromatic carbocycles. The maximum Gasteiger partial charge on any atom is 0.252 e. The zero-order valence-corrected chi connectivity index (χ0v) is 6.77. The first-order chi connectivity index (χ1) is 6.02. The molecule has 0 aliphatic rings. The van der Waals surface area contributed by atoms with Crippen LogP contribution >= 0.6 is 0 Å². The number of nitrogens with two attached hydrogens (primary N) is 1. The minimum atomic E-state index is -1.73. The van der Waals surface area contributed by atoms with Crippen molar-refractivity contribution in [3.8, 4) is 0 Å². The molecule has 74 valence electrons. The van der Waals surface area contributed by atoms with Crippen LogP contribution in [0.5, 0.6) is 0 Å². The lowest BCUT2D eigenvalue weighted by Crippen LogP contribution is -2.38. The molecule has 13 heavy (non-hydrogen) atoms. The van der Waals surface area contributed by atoms with E-state index in [1.54, 1.807) is 0 Å². The van der Waals surface area contributed by atoms with Crippen molar-refractivity contribution >= 4 is 17.5 Å². The second-order valence-electron chi connectivity index (χ2n) is 2.17. The number of rotatable bonds is 4. The number of carbonyl (C=O) groups is 1. The van der Waals surface area contributed by atoms with Crippen LogP contribution in [0, 0.1) is 5.41 Å². The molecule has 0 aromatic rings. The summed E-state index contributed by atoms with van der Waals surface area (Å²) in [5, 5.41) is 32.9. The molecule has 0 aromatic heterocycles. The average molecular weight is 189 g/mol. The van der Waals surface area contributed by atoms with Gasteiger partial charge in [0, 0.05) is 0 Å². The Kier molecular flexibility index (Phi) is 4.82. The molecule has 1 unspecified atom stereocenters. The number of amidine groups is 1. The van der Waals surface area contributed by atoms with Gasteiger partial charge in [-0.05, 0) is 0 Å². The predicted molar refractivity (Wildman–Crippen MR) is 44.5 cm³/mol. The van der Waals surface area contributed by atoms with E-state index in [9.17, 15) is 4.79 Å². The summed E-state index contributed by atoms with van der Waals surface area (Å²) in [6.45, 7) is -1.35. The summed E-state index contributed by atoms with van der Waals surface area (Å²) >= 11 is 0. The summed E-state index contributed by atoms with van der Waals surface area (Å²) in [7, 11) is 0. The van der Waals surface area contributed by atoms with Crippen molar-refractivity contribution in [3.63, 3.8) is 0 Å². The first-order valence-electron chi connectivity index (χ1n) is 3.37. The maximum atomic E-state index is 10.4. The van der Waals surface area contributed by atoms with Gasteiger partial charge in [0.2, 0.25) is 0 Å². The van der Waals surface area contributed by atoms with E-state index in [0.717, 1.165) is 0 Å². The van der Waals surface area contributed by atoms with Gasteiger partial charge in [-0.3, -0.25) is 10.2 Å². The molecular weight excluding hydrogens is 178 g/mol. The van der Waals surface area contributed by atoms with E-state index in [1.165, 1.54) is 0 Å². The highest BCUT2D eigenvalue weighted by Gasteiger charge is 2.18. The lowest BCUT2D eigenvalue weighted by molar-refractivity contribution is -0.123. The van der Waals surface area contributed by atoms with Crippen LogP contribution in [0.2, 0.25) is 0 Å². The third-order valence-corrected chi connectivity index (χ3v) is 1.18. The van der Waals surface area contributed by atoms with Gasteiger partial charge in [0.05, 0.1) is 12.3 Å². The second-order valence-corrected chi connectivity index (χ2v) is 2.17. The number of primary amides is 1. The largest absolute Gasteiger partial charge is 0.390 e. The predicted octanol–water partition coefficient (Wildman–Crippen LogP) is -2.76. The molecule has 0 heterocycles. The Bertz CT molecular complexity index is 238. The number of nitrogens with one attached hydrogen (secondary N) is 1. The fraction of sp³-hybridized carbons (Fsp3) is 0.500. The quantitative estimate of drug-likeness (QED) is 0.241. The summed E-state index contributed by atoms with van der Waals surface area (Å²) in [5.74, 6) is -1.54. The van der Waals surface area contributed by atoms with E-state index in [1.807, 2.05) is 0 Å². The van der Waals surface area contributed by atoms with Gasteiger partial charge in [0.1, 0.15) is 12.4 Å². The highest BCUT2D eigenvalue weighted by Crippen LogP contribution is 1.89. The normalized spacial score (nSPS) is 13.9. The van der Waals surface area contributed by atoms with Crippen molar-refractivity contribution in [2.75, 3.05) is 13.2 Å². The molecule has 1 atom stereocenters. The molecule has 0 rings (SSSR count). The molecular formula is C6H11N3O4. The van der Waals surface area contributed by atoms with Crippen molar-refractivity contribution in [2.45, 2.75) is 6.10 Å². The van der Waals surface area contributed by atoms with Gasteiger partial charge in [-0.25, -0.2) is 4.99 Å². The molecule has 0 fully saturated rings. The fourth-order valence-electron chi connectivity index (χ4n) is 0.556. The summed E-state index contributed by atoms with van der Waals surface area (Å²) in [6, 6.07) is 0. The first kappa shape index (κ1) is 11.7. The lowest BCUT2D eigenvalue weighted by Gasteiger charge is -2.07. The molecule has 0 aliphatic carbocycles. The molecule has 7 heteroatoms. The zero-order valence-electron chi connectivity index (χ0n) is 6.77. The topological polar surface area (TPSA) is 140 Å². The van der Waals surface area contributed by atoms with Gasteiger partial charge in [-0.2, -0.15) is 0 Å².